The summed E-state index contributed by atoms with van der Waals surface area (Å²) in [6.07, 6.45) is -2.06. The quantitative estimate of drug-likeness (QED) is 0.714. The van der Waals surface area contributed by atoms with Gasteiger partial charge in [-0.15, -0.1) is 0 Å². The van der Waals surface area contributed by atoms with Gasteiger partial charge in [0.15, 0.2) is 0 Å². The van der Waals surface area contributed by atoms with Gasteiger partial charge in [0.25, 0.3) is 0 Å². The number of halogens is 1. The van der Waals surface area contributed by atoms with Crippen molar-refractivity contribution in [1.29, 1.82) is 0 Å². The highest BCUT2D eigenvalue weighted by molar-refractivity contribution is 5.17. The van der Waals surface area contributed by atoms with Crippen molar-refractivity contribution in [1.82, 2.24) is 4.90 Å². The molecule has 2 aromatic rings. The van der Waals surface area contributed by atoms with Crippen molar-refractivity contribution in [3.63, 3.8) is 0 Å². The second-order valence-electron chi connectivity index (χ2n) is 5.02. The molecular weight excluding hydrogens is 265 g/mol. The SMILES string of the molecule is [2H]CC(F)C(OC)N(Cc1ccccc1)Cc1ccccc1. The number of rotatable bonds is 7. The topological polar surface area (TPSA) is 12.5 Å². The summed E-state index contributed by atoms with van der Waals surface area (Å²) in [5.41, 5.74) is 2.19. The van der Waals surface area contributed by atoms with E-state index in [0.29, 0.717) is 13.1 Å². The molecule has 21 heavy (non-hydrogen) atoms. The second-order valence-corrected chi connectivity index (χ2v) is 5.02. The van der Waals surface area contributed by atoms with Crippen LogP contribution < -0.4 is 0 Å². The van der Waals surface area contributed by atoms with Crippen LogP contribution in [0.1, 0.15) is 19.4 Å². The molecule has 0 amide bonds. The number of alkyl halides is 1. The van der Waals surface area contributed by atoms with E-state index < -0.39 is 12.4 Å². The van der Waals surface area contributed by atoms with E-state index in [4.69, 9.17) is 6.11 Å². The van der Waals surface area contributed by atoms with Crippen LogP contribution in [0.25, 0.3) is 0 Å². The summed E-state index contributed by atoms with van der Waals surface area (Å²) in [6, 6.07) is 19.8. The van der Waals surface area contributed by atoms with Gasteiger partial charge in [-0.25, -0.2) is 4.39 Å². The third kappa shape index (κ3) is 4.66. The number of methoxy groups -OCH3 is 1. The summed E-state index contributed by atoms with van der Waals surface area (Å²) in [4.78, 5) is 1.93. The summed E-state index contributed by atoms with van der Waals surface area (Å²) in [6.45, 7) is 0.849. The molecule has 0 aliphatic rings. The fourth-order valence-electron chi connectivity index (χ4n) is 2.40. The molecule has 0 aromatic heterocycles. The maximum Gasteiger partial charge on any atom is 0.142 e. The zero-order valence-electron chi connectivity index (χ0n) is 13.3. The van der Waals surface area contributed by atoms with Gasteiger partial charge in [-0.1, -0.05) is 60.7 Å². The highest BCUT2D eigenvalue weighted by Gasteiger charge is 2.24. The average Bonchev–Trinajstić information content (AvgIpc) is 2.57. The molecule has 0 fully saturated rings. The summed E-state index contributed by atoms with van der Waals surface area (Å²) in [7, 11) is 1.50. The Morgan fingerprint density at radius 1 is 1.00 bits per heavy atom. The Labute approximate surface area is 127 Å². The standard InChI is InChI=1S/C18H22FNO/c1-15(19)18(21-2)20(13-16-9-5-3-6-10-16)14-17-11-7-4-8-12-17/h3-12,15,18H,13-14H2,1-2H3/i1D. The smallest absolute Gasteiger partial charge is 0.142 e. The molecule has 2 unspecified atom stereocenters. The van der Waals surface area contributed by atoms with Crippen molar-refractivity contribution >= 4 is 0 Å². The van der Waals surface area contributed by atoms with Gasteiger partial charge in [0.2, 0.25) is 0 Å². The molecule has 0 aliphatic heterocycles. The number of nitrogens with zero attached hydrogens (tertiary/aromatic N) is 1. The second kappa shape index (κ2) is 7.91. The number of hydrogen-bond donors (Lipinski definition) is 0. The van der Waals surface area contributed by atoms with Crippen LogP contribution in [0, 0.1) is 0 Å². The minimum atomic E-state index is -1.34. The van der Waals surface area contributed by atoms with Gasteiger partial charge in [-0.2, -0.15) is 0 Å². The third-order valence-electron chi connectivity index (χ3n) is 3.37. The highest BCUT2D eigenvalue weighted by Crippen LogP contribution is 2.17. The van der Waals surface area contributed by atoms with Crippen LogP contribution in [0.4, 0.5) is 4.39 Å². The molecule has 0 heterocycles. The van der Waals surface area contributed by atoms with Gasteiger partial charge in [0.05, 0.1) is 0 Å². The minimum Gasteiger partial charge on any atom is -0.363 e. The zero-order valence-corrected chi connectivity index (χ0v) is 12.3. The lowest BCUT2D eigenvalue weighted by molar-refractivity contribution is -0.0836. The van der Waals surface area contributed by atoms with E-state index in [0.717, 1.165) is 11.1 Å². The molecule has 0 saturated carbocycles. The third-order valence-corrected chi connectivity index (χ3v) is 3.37. The predicted octanol–water partition coefficient (Wildman–Crippen LogP) is 4.02. The Morgan fingerprint density at radius 3 is 1.86 bits per heavy atom. The van der Waals surface area contributed by atoms with Crippen molar-refractivity contribution in [3.05, 3.63) is 71.8 Å². The van der Waals surface area contributed by atoms with Gasteiger partial charge in [-0.05, 0) is 18.0 Å². The monoisotopic (exact) mass is 288 g/mol. The zero-order chi connectivity index (χ0) is 15.8. The molecular formula is C18H22FNO. The summed E-state index contributed by atoms with van der Waals surface area (Å²) >= 11 is 0. The molecule has 2 atom stereocenters. The van der Waals surface area contributed by atoms with Gasteiger partial charge in [-0.3, -0.25) is 4.90 Å². The molecule has 0 saturated heterocycles. The van der Waals surface area contributed by atoms with Crippen LogP contribution in [0.2, 0.25) is 0 Å². The first kappa shape index (κ1) is 14.2. The van der Waals surface area contributed by atoms with Crippen molar-refractivity contribution < 1.29 is 10.5 Å². The molecule has 0 radical (unpaired) electrons. The van der Waals surface area contributed by atoms with Crippen molar-refractivity contribution in [2.75, 3.05) is 7.11 Å². The van der Waals surface area contributed by atoms with Gasteiger partial charge in [0.1, 0.15) is 12.4 Å². The van der Waals surface area contributed by atoms with E-state index in [1.165, 1.54) is 7.11 Å². The van der Waals surface area contributed by atoms with E-state index in [2.05, 4.69) is 0 Å². The van der Waals surface area contributed by atoms with Crippen LogP contribution in [-0.4, -0.2) is 24.4 Å². The van der Waals surface area contributed by atoms with Crippen LogP contribution >= 0.6 is 0 Å². The van der Waals surface area contributed by atoms with Gasteiger partial charge in [0, 0.05) is 21.6 Å². The molecule has 0 spiro atoms. The van der Waals surface area contributed by atoms with Crippen molar-refractivity contribution in [2.24, 2.45) is 0 Å². The van der Waals surface area contributed by atoms with Crippen molar-refractivity contribution in [2.45, 2.75) is 32.4 Å². The normalized spacial score (nSPS) is 14.7. The Morgan fingerprint density at radius 2 is 1.48 bits per heavy atom. The van der Waals surface area contributed by atoms with E-state index in [-0.39, 0.29) is 6.90 Å². The lowest BCUT2D eigenvalue weighted by Gasteiger charge is -2.31. The molecule has 0 aliphatic carbocycles. The van der Waals surface area contributed by atoms with Crippen LogP contribution in [0.5, 0.6) is 0 Å². The maximum atomic E-state index is 14.1. The molecule has 2 nitrogen and oxygen atoms in total. The minimum absolute atomic E-state index is 0.307. The van der Waals surface area contributed by atoms with Crippen LogP contribution in [-0.2, 0) is 17.8 Å². The fraction of sp³-hybridized carbons (Fsp3) is 0.333. The molecule has 3 heteroatoms. The summed E-state index contributed by atoms with van der Waals surface area (Å²) < 4.78 is 26.8. The first-order valence-corrected chi connectivity index (χ1v) is 7.02. The van der Waals surface area contributed by atoms with Crippen LogP contribution in [0.3, 0.4) is 0 Å². The molecule has 0 bridgehead atoms. The molecule has 0 N–H and O–H groups in total. The summed E-state index contributed by atoms with van der Waals surface area (Å²) in [5.74, 6) is 0. The molecule has 2 aromatic carbocycles. The lowest BCUT2D eigenvalue weighted by Crippen LogP contribution is -2.41. The van der Waals surface area contributed by atoms with Crippen LogP contribution in [0.15, 0.2) is 60.7 Å². The lowest BCUT2D eigenvalue weighted by atomic mass is 10.1. The van der Waals surface area contributed by atoms with E-state index in [9.17, 15) is 4.39 Å². The number of benzene rings is 2. The van der Waals surface area contributed by atoms with E-state index in [1.807, 2.05) is 65.6 Å². The van der Waals surface area contributed by atoms with E-state index in [1.54, 1.807) is 0 Å². The first-order chi connectivity index (χ1) is 10.7. The van der Waals surface area contributed by atoms with E-state index >= 15 is 0 Å². The van der Waals surface area contributed by atoms with Crippen molar-refractivity contribution in [3.8, 4) is 0 Å². The number of ether oxygens (including phenoxy) is 1. The fourth-order valence-corrected chi connectivity index (χ4v) is 2.40. The molecule has 2 rings (SSSR count). The van der Waals surface area contributed by atoms with Gasteiger partial charge >= 0.3 is 0 Å². The molecule has 112 valence electrons. The first-order valence-electron chi connectivity index (χ1n) is 7.73. The Bertz CT molecular complexity index is 496. The number of hydrogen-bond acceptors (Lipinski definition) is 2. The maximum absolute atomic E-state index is 14.1. The Hall–Kier alpha value is -1.71. The highest BCUT2D eigenvalue weighted by atomic mass is 19.1. The largest absolute Gasteiger partial charge is 0.363 e. The predicted molar refractivity (Wildman–Crippen MR) is 83.5 cm³/mol. The Kier molecular flexibility index (Phi) is 5.36. The average molecular weight is 288 g/mol. The summed E-state index contributed by atoms with van der Waals surface area (Å²) in [5, 5.41) is 0. The Balaban J connectivity index is 2.19. The van der Waals surface area contributed by atoms with Gasteiger partial charge < -0.3 is 4.74 Å².